The molecule has 0 radical (unpaired) electrons. The first-order valence-electron chi connectivity index (χ1n) is 17.8. The molecule has 2 aromatic rings. The molecule has 284 valence electrons. The lowest BCUT2D eigenvalue weighted by Crippen LogP contribution is -2.58. The molecule has 3 N–H and O–H groups in total. The second-order valence-corrected chi connectivity index (χ2v) is 17.7. The molecule has 6 rings (SSSR count). The average molecular weight is 785 g/mol. The zero-order chi connectivity index (χ0) is 38.1. The Balaban J connectivity index is 1.26. The second-order valence-electron chi connectivity index (χ2n) is 14.4. The molecular weight excluding hydrogens is 740 g/mol. The summed E-state index contributed by atoms with van der Waals surface area (Å²) in [6.45, 7) is 4.70. The first kappa shape index (κ1) is 38.7. The number of nitrogens with zero attached hydrogens (tertiary/aromatic N) is 3. The molecule has 4 unspecified atom stereocenters. The Hall–Kier alpha value is -4.00. The lowest BCUT2D eigenvalue weighted by molar-refractivity contribution is -0.130. The summed E-state index contributed by atoms with van der Waals surface area (Å²) in [5.74, 6) is 2.43. The van der Waals surface area contributed by atoms with Gasteiger partial charge in [0.15, 0.2) is 4.75 Å². The Kier molecular flexibility index (Phi) is 11.2. The number of pyridine rings is 1. The van der Waals surface area contributed by atoms with E-state index < -0.39 is 50.1 Å². The van der Waals surface area contributed by atoms with Crippen molar-refractivity contribution in [3.63, 3.8) is 0 Å². The van der Waals surface area contributed by atoms with Crippen molar-refractivity contribution in [2.24, 2.45) is 16.8 Å². The van der Waals surface area contributed by atoms with Crippen LogP contribution in [0.3, 0.4) is 0 Å². The molecule has 3 heterocycles. The van der Waals surface area contributed by atoms with Crippen LogP contribution in [0.4, 0.5) is 4.79 Å². The van der Waals surface area contributed by atoms with Crippen LogP contribution in [0.2, 0.25) is 5.02 Å². The van der Waals surface area contributed by atoms with E-state index in [1.165, 1.54) is 12.0 Å². The van der Waals surface area contributed by atoms with Crippen molar-refractivity contribution < 1.29 is 32.3 Å². The summed E-state index contributed by atoms with van der Waals surface area (Å²) in [7, 11) is -1.02. The number of terminal acetylenes is 1. The van der Waals surface area contributed by atoms with Crippen molar-refractivity contribution in [1.82, 2.24) is 25.2 Å². The Labute approximate surface area is 319 Å². The van der Waals surface area contributed by atoms with Gasteiger partial charge in [-0.25, -0.2) is 22.9 Å². The highest BCUT2D eigenvalue weighted by molar-refractivity contribution is 8.14. The van der Waals surface area contributed by atoms with Crippen molar-refractivity contribution >= 4 is 67.2 Å². The molecule has 2 fully saturated rings. The molecule has 0 saturated heterocycles. The third-order valence-corrected chi connectivity index (χ3v) is 13.8. The van der Waals surface area contributed by atoms with Crippen LogP contribution in [0.25, 0.3) is 10.9 Å². The number of allylic oxidation sites excluding steroid dienone is 1. The summed E-state index contributed by atoms with van der Waals surface area (Å²) >= 11 is 8.35. The van der Waals surface area contributed by atoms with Crippen LogP contribution in [-0.4, -0.2) is 96.6 Å². The van der Waals surface area contributed by atoms with E-state index in [-0.39, 0.29) is 38.3 Å². The van der Waals surface area contributed by atoms with Gasteiger partial charge in [-0.05, 0) is 56.6 Å². The maximum Gasteiger partial charge on any atom is 0.317 e. The molecule has 16 heteroatoms. The summed E-state index contributed by atoms with van der Waals surface area (Å²) < 4.78 is 38.7. The van der Waals surface area contributed by atoms with Gasteiger partial charge in [0, 0.05) is 43.1 Å². The normalized spacial score (nSPS) is 26.3. The van der Waals surface area contributed by atoms with Gasteiger partial charge < -0.3 is 25.0 Å². The molecule has 13 nitrogen and oxygen atoms in total. The van der Waals surface area contributed by atoms with Crippen molar-refractivity contribution in [2.75, 3.05) is 33.1 Å². The zero-order valence-corrected chi connectivity index (χ0v) is 32.6. The summed E-state index contributed by atoms with van der Waals surface area (Å²) in [6.07, 6.45) is 12.2. The molecular formula is C37H45ClN6O7S2. The molecule has 1 aromatic heterocycles. The van der Waals surface area contributed by atoms with Gasteiger partial charge in [-0.1, -0.05) is 43.5 Å². The van der Waals surface area contributed by atoms with Gasteiger partial charge in [0.25, 0.3) is 15.9 Å². The molecule has 1 aromatic carbocycles. The maximum absolute atomic E-state index is 14.1. The first-order valence-corrected chi connectivity index (χ1v) is 20.6. The Morgan fingerprint density at radius 2 is 2.02 bits per heavy atom. The van der Waals surface area contributed by atoms with Crippen molar-refractivity contribution in [3.05, 3.63) is 41.1 Å². The number of aromatic nitrogens is 1. The Bertz CT molecular complexity index is 2010. The van der Waals surface area contributed by atoms with Gasteiger partial charge >= 0.3 is 6.03 Å². The van der Waals surface area contributed by atoms with Gasteiger partial charge in [0.1, 0.15) is 33.1 Å². The molecule has 0 spiro atoms. The molecule has 4 atom stereocenters. The van der Waals surface area contributed by atoms with Crippen LogP contribution >= 0.6 is 23.4 Å². The number of benzene rings is 1. The molecule has 2 aliphatic heterocycles. The summed E-state index contributed by atoms with van der Waals surface area (Å²) in [4.78, 5) is 52.3. The number of hydrogen-bond donors (Lipinski definition) is 3. The van der Waals surface area contributed by atoms with Crippen LogP contribution in [0.15, 0.2) is 35.3 Å². The standard InChI is InChI=1S/C37H45ClN6O7S2/c1-6-36(15-16-36)53(48,49)43-34(46)37-20-23(37)11-9-7-8-10-17-44(4)35(47)41-25(32(45)42-37)14-18-51-29-19-26(33-40-27(21-52-33)22(2)3)39-31-24(29)12-13-28(50-5)30(31)38/h1,9,11-13,19,22-23,25,27H,7-8,10,14-18,20-21H2,2-5H3,(H,41,47)(H,42,45)(H,43,46)/b11-9-. The van der Waals surface area contributed by atoms with Gasteiger partial charge in [-0.2, -0.15) is 0 Å². The van der Waals surface area contributed by atoms with E-state index in [4.69, 9.17) is 37.5 Å². The summed E-state index contributed by atoms with van der Waals surface area (Å²) in [5.41, 5.74) is -0.478. The number of amides is 4. The maximum atomic E-state index is 14.1. The smallest absolute Gasteiger partial charge is 0.317 e. The number of methoxy groups -OCH3 is 1. The van der Waals surface area contributed by atoms with Crippen LogP contribution in [0.5, 0.6) is 11.5 Å². The quantitative estimate of drug-likeness (QED) is 0.233. The van der Waals surface area contributed by atoms with Gasteiger partial charge in [-0.3, -0.25) is 14.6 Å². The van der Waals surface area contributed by atoms with Gasteiger partial charge in [-0.15, -0.1) is 18.2 Å². The molecule has 2 saturated carbocycles. The summed E-state index contributed by atoms with van der Waals surface area (Å²) in [6, 6.07) is 3.84. The number of carbonyl (C=O) groups is 3. The first-order chi connectivity index (χ1) is 25.2. The molecule has 53 heavy (non-hydrogen) atoms. The van der Waals surface area contributed by atoms with E-state index in [1.54, 1.807) is 37.0 Å². The highest BCUT2D eigenvalue weighted by atomic mass is 35.5. The van der Waals surface area contributed by atoms with Crippen LogP contribution in [0.1, 0.15) is 64.5 Å². The minimum Gasteiger partial charge on any atom is -0.495 e. The SMILES string of the molecule is C#CC1(S(=O)(=O)NC(=O)C23CC2/C=C\CCCCN(C)C(=O)NC(CCOc2cc(C4=NC(C(C)C)CS4)nc4c(Cl)c(OC)ccc24)C(=O)N3)CC1. The number of carbonyl (C=O) groups excluding carboxylic acids is 3. The van der Waals surface area contributed by atoms with E-state index in [0.29, 0.717) is 52.0 Å². The number of sulfonamides is 1. The number of fused-ring (bicyclic) bond motifs is 2. The number of urea groups is 1. The lowest BCUT2D eigenvalue weighted by Gasteiger charge is -2.26. The molecule has 2 aliphatic carbocycles. The fraction of sp³-hybridized carbons (Fsp3) is 0.541. The molecule has 0 bridgehead atoms. The van der Waals surface area contributed by atoms with E-state index in [9.17, 15) is 22.8 Å². The average Bonchev–Trinajstić information content (AvgIpc) is 4.02. The third kappa shape index (κ3) is 7.95. The number of aliphatic imine (C=N–C) groups is 1. The van der Waals surface area contributed by atoms with Crippen molar-refractivity contribution in [1.29, 1.82) is 0 Å². The van der Waals surface area contributed by atoms with Crippen LogP contribution in [0, 0.1) is 24.2 Å². The van der Waals surface area contributed by atoms with Crippen LogP contribution in [-0.2, 0) is 19.6 Å². The third-order valence-electron chi connectivity index (χ3n) is 10.3. The number of thioether (sulfide) groups is 1. The molecule has 4 amide bonds. The van der Waals surface area contributed by atoms with E-state index >= 15 is 0 Å². The zero-order valence-electron chi connectivity index (χ0n) is 30.2. The van der Waals surface area contributed by atoms with Gasteiger partial charge in [0.2, 0.25) is 5.91 Å². The topological polar surface area (TPSA) is 168 Å². The lowest BCUT2D eigenvalue weighted by atomic mass is 10.1. The Morgan fingerprint density at radius 3 is 2.70 bits per heavy atom. The number of ether oxygens (including phenoxy) is 2. The summed E-state index contributed by atoms with van der Waals surface area (Å²) in [5, 5.41) is 7.31. The number of hydrogen-bond acceptors (Lipinski definition) is 10. The highest BCUT2D eigenvalue weighted by Crippen LogP contribution is 2.47. The largest absolute Gasteiger partial charge is 0.495 e. The van der Waals surface area contributed by atoms with Crippen molar-refractivity contribution in [2.45, 2.75) is 81.2 Å². The fourth-order valence-corrected chi connectivity index (χ4v) is 9.41. The van der Waals surface area contributed by atoms with Gasteiger partial charge in [0.05, 0.1) is 31.0 Å². The number of nitrogens with one attached hydrogen (secondary N) is 3. The van der Waals surface area contributed by atoms with E-state index in [1.807, 2.05) is 12.2 Å². The second kappa shape index (κ2) is 15.4. The predicted molar refractivity (Wildman–Crippen MR) is 206 cm³/mol. The van der Waals surface area contributed by atoms with Crippen LogP contribution < -0.4 is 24.8 Å². The van der Waals surface area contributed by atoms with E-state index in [2.05, 4.69) is 35.1 Å². The van der Waals surface area contributed by atoms with Crippen molar-refractivity contribution in [3.8, 4) is 23.8 Å². The Morgan fingerprint density at radius 1 is 1.25 bits per heavy atom. The predicted octanol–water partition coefficient (Wildman–Crippen LogP) is 4.42. The minimum absolute atomic E-state index is 0.0102. The fourth-order valence-electron chi connectivity index (χ4n) is 6.46. The van der Waals surface area contributed by atoms with E-state index in [0.717, 1.165) is 23.6 Å². The number of halogens is 1. The highest BCUT2D eigenvalue weighted by Gasteiger charge is 2.63. The molecule has 4 aliphatic rings. The minimum atomic E-state index is -4.19. The number of rotatable bonds is 10. The monoisotopic (exact) mass is 784 g/mol.